The third-order valence-electron chi connectivity index (χ3n) is 4.01. The molecule has 6 heteroatoms. The molecule has 0 aromatic carbocycles. The number of hydrogen-bond donors (Lipinski definition) is 2. The number of carbonyl (C=O) groups excluding carboxylic acids is 1. The first-order chi connectivity index (χ1) is 9.06. The zero-order valence-electron chi connectivity index (χ0n) is 10.5. The number of carbonyl (C=O) groups is 2. The fraction of sp³-hybridized carbons (Fsp3) is 0.462. The van der Waals surface area contributed by atoms with Gasteiger partial charge in [0.25, 0.3) is 0 Å². The number of aromatic nitrogens is 2. The summed E-state index contributed by atoms with van der Waals surface area (Å²) in [5.74, 6) is -1.76. The molecule has 4 atom stereocenters. The summed E-state index contributed by atoms with van der Waals surface area (Å²) in [7, 11) is 1.76. The topological polar surface area (TPSA) is 84.2 Å². The predicted octanol–water partition coefficient (Wildman–Crippen LogP) is 0.881. The van der Waals surface area contributed by atoms with Crippen molar-refractivity contribution >= 4 is 17.7 Å². The lowest BCUT2D eigenvalue weighted by Crippen LogP contribution is -2.36. The number of rotatable bonds is 3. The van der Waals surface area contributed by atoms with Crippen LogP contribution in [0.5, 0.6) is 0 Å². The van der Waals surface area contributed by atoms with Crippen molar-refractivity contribution in [1.82, 2.24) is 9.78 Å². The van der Waals surface area contributed by atoms with Crippen molar-refractivity contribution in [3.8, 4) is 0 Å². The van der Waals surface area contributed by atoms with E-state index >= 15 is 0 Å². The van der Waals surface area contributed by atoms with Gasteiger partial charge in [-0.25, -0.2) is 0 Å². The Morgan fingerprint density at radius 1 is 1.37 bits per heavy atom. The smallest absolute Gasteiger partial charge is 0.307 e. The van der Waals surface area contributed by atoms with E-state index in [9.17, 15) is 14.7 Å². The van der Waals surface area contributed by atoms with Crippen LogP contribution < -0.4 is 5.32 Å². The second kappa shape index (κ2) is 4.22. The minimum Gasteiger partial charge on any atom is -0.481 e. The van der Waals surface area contributed by atoms with Gasteiger partial charge in [-0.1, -0.05) is 12.2 Å². The number of carboxylic acid groups (broad SMARTS) is 1. The van der Waals surface area contributed by atoms with Gasteiger partial charge in [0, 0.05) is 19.3 Å². The highest BCUT2D eigenvalue weighted by Crippen LogP contribution is 2.48. The van der Waals surface area contributed by atoms with Crippen molar-refractivity contribution in [3.05, 3.63) is 24.4 Å². The van der Waals surface area contributed by atoms with Gasteiger partial charge in [0.2, 0.25) is 5.91 Å². The summed E-state index contributed by atoms with van der Waals surface area (Å²) in [5.41, 5.74) is 0. The van der Waals surface area contributed by atoms with E-state index in [1.54, 1.807) is 24.0 Å². The van der Waals surface area contributed by atoms with Crippen LogP contribution in [0.3, 0.4) is 0 Å². The summed E-state index contributed by atoms with van der Waals surface area (Å²) in [4.78, 5) is 23.6. The fourth-order valence-corrected chi connectivity index (χ4v) is 3.21. The summed E-state index contributed by atoms with van der Waals surface area (Å²) in [6, 6.07) is 1.69. The maximum absolute atomic E-state index is 12.3. The average Bonchev–Trinajstić information content (AvgIpc) is 3.03. The van der Waals surface area contributed by atoms with Crippen molar-refractivity contribution in [2.75, 3.05) is 5.32 Å². The number of carboxylic acids is 1. The highest BCUT2D eigenvalue weighted by atomic mass is 16.4. The van der Waals surface area contributed by atoms with E-state index in [4.69, 9.17) is 0 Å². The number of allylic oxidation sites excluding steroid dienone is 2. The summed E-state index contributed by atoms with van der Waals surface area (Å²) in [6.07, 6.45) is 6.38. The second-order valence-corrected chi connectivity index (χ2v) is 5.20. The largest absolute Gasteiger partial charge is 0.481 e. The van der Waals surface area contributed by atoms with E-state index in [0.29, 0.717) is 5.82 Å². The second-order valence-electron chi connectivity index (χ2n) is 5.20. The molecule has 2 N–H and O–H groups in total. The molecule has 1 fully saturated rings. The lowest BCUT2D eigenvalue weighted by atomic mass is 9.82. The normalized spacial score (nSPS) is 31.6. The van der Waals surface area contributed by atoms with Gasteiger partial charge in [-0.2, -0.15) is 5.10 Å². The number of hydrogen-bond acceptors (Lipinski definition) is 3. The highest BCUT2D eigenvalue weighted by Gasteiger charge is 2.51. The lowest BCUT2D eigenvalue weighted by molar-refractivity contribution is -0.146. The van der Waals surface area contributed by atoms with Crippen LogP contribution in [-0.2, 0) is 16.6 Å². The number of fused-ring (bicyclic) bond motifs is 2. The fourth-order valence-electron chi connectivity index (χ4n) is 3.21. The molecule has 1 aromatic rings. The monoisotopic (exact) mass is 261 g/mol. The van der Waals surface area contributed by atoms with Crippen LogP contribution in [0.15, 0.2) is 24.4 Å². The molecule has 1 amide bonds. The third kappa shape index (κ3) is 1.93. The number of amides is 1. The molecule has 2 aliphatic carbocycles. The molecular formula is C13H15N3O3. The van der Waals surface area contributed by atoms with Gasteiger partial charge in [0.15, 0.2) is 5.82 Å². The molecule has 2 bridgehead atoms. The van der Waals surface area contributed by atoms with Gasteiger partial charge in [0.05, 0.1) is 11.8 Å². The van der Waals surface area contributed by atoms with Crippen LogP contribution in [0.25, 0.3) is 0 Å². The Morgan fingerprint density at radius 2 is 2.05 bits per heavy atom. The van der Waals surface area contributed by atoms with Crippen LogP contribution in [0.1, 0.15) is 6.42 Å². The predicted molar refractivity (Wildman–Crippen MR) is 67.2 cm³/mol. The van der Waals surface area contributed by atoms with E-state index in [2.05, 4.69) is 10.4 Å². The van der Waals surface area contributed by atoms with Gasteiger partial charge in [-0.05, 0) is 18.3 Å². The maximum Gasteiger partial charge on any atom is 0.307 e. The molecule has 1 aromatic heterocycles. The van der Waals surface area contributed by atoms with Crippen molar-refractivity contribution < 1.29 is 14.7 Å². The minimum atomic E-state index is -0.891. The Labute approximate surface area is 110 Å². The Hall–Kier alpha value is -2.11. The molecule has 100 valence electrons. The number of anilines is 1. The number of nitrogens with zero attached hydrogens (tertiary/aromatic N) is 2. The van der Waals surface area contributed by atoms with Crippen LogP contribution in [0, 0.1) is 23.7 Å². The molecule has 0 radical (unpaired) electrons. The summed E-state index contributed by atoms with van der Waals surface area (Å²) in [6.45, 7) is 0. The van der Waals surface area contributed by atoms with Gasteiger partial charge < -0.3 is 10.4 Å². The third-order valence-corrected chi connectivity index (χ3v) is 4.01. The molecule has 3 rings (SSSR count). The highest BCUT2D eigenvalue weighted by molar-refractivity contribution is 5.95. The van der Waals surface area contributed by atoms with Gasteiger partial charge in [0.1, 0.15) is 0 Å². The molecular weight excluding hydrogens is 246 g/mol. The number of aryl methyl sites for hydroxylation is 1. The molecule has 0 unspecified atom stereocenters. The average molecular weight is 261 g/mol. The van der Waals surface area contributed by atoms with Gasteiger partial charge in [-0.3, -0.25) is 14.3 Å². The molecule has 0 aliphatic heterocycles. The SMILES string of the molecule is Cn1ccc(NC(=O)[C@@H]2[C@@H](C(=O)O)[C@H]3C=C[C@@H]2C3)n1. The van der Waals surface area contributed by atoms with Gasteiger partial charge >= 0.3 is 5.97 Å². The van der Waals surface area contributed by atoms with Crippen molar-refractivity contribution in [3.63, 3.8) is 0 Å². The standard InChI is InChI=1S/C13H15N3O3/c1-16-5-4-9(15-16)14-12(17)10-7-2-3-8(6-7)11(10)13(18)19/h2-5,7-8,10-11H,6H2,1H3,(H,18,19)(H,14,15,17)/t7-,8+,10+,11+/m1/s1. The molecule has 0 spiro atoms. The Kier molecular flexibility index (Phi) is 2.66. The van der Waals surface area contributed by atoms with Crippen LogP contribution in [-0.4, -0.2) is 26.8 Å². The molecule has 0 saturated heterocycles. The van der Waals surface area contributed by atoms with Crippen LogP contribution in [0.4, 0.5) is 5.82 Å². The van der Waals surface area contributed by atoms with E-state index < -0.39 is 17.8 Å². The van der Waals surface area contributed by atoms with Gasteiger partial charge in [-0.15, -0.1) is 0 Å². The molecule has 6 nitrogen and oxygen atoms in total. The van der Waals surface area contributed by atoms with Crippen LogP contribution in [0.2, 0.25) is 0 Å². The summed E-state index contributed by atoms with van der Waals surface area (Å²) in [5, 5.41) is 16.1. The first kappa shape index (κ1) is 12.0. The van der Waals surface area contributed by atoms with Crippen molar-refractivity contribution in [2.45, 2.75) is 6.42 Å². The summed E-state index contributed by atoms with van der Waals surface area (Å²) < 4.78 is 1.59. The van der Waals surface area contributed by atoms with Crippen molar-refractivity contribution in [1.29, 1.82) is 0 Å². The van der Waals surface area contributed by atoms with E-state index in [-0.39, 0.29) is 17.7 Å². The van der Waals surface area contributed by atoms with Crippen molar-refractivity contribution in [2.24, 2.45) is 30.7 Å². The number of nitrogens with one attached hydrogen (secondary N) is 1. The molecule has 19 heavy (non-hydrogen) atoms. The molecule has 1 saturated carbocycles. The van der Waals surface area contributed by atoms with E-state index in [1.807, 2.05) is 12.2 Å². The number of aliphatic carboxylic acids is 1. The Morgan fingerprint density at radius 3 is 2.63 bits per heavy atom. The zero-order chi connectivity index (χ0) is 13.6. The Bertz CT molecular complexity index is 563. The minimum absolute atomic E-state index is 0.0121. The molecule has 2 aliphatic rings. The Balaban J connectivity index is 1.79. The molecule has 1 heterocycles. The van der Waals surface area contributed by atoms with E-state index in [1.165, 1.54) is 0 Å². The lowest BCUT2D eigenvalue weighted by Gasteiger charge is -2.23. The summed E-state index contributed by atoms with van der Waals surface area (Å²) >= 11 is 0. The zero-order valence-corrected chi connectivity index (χ0v) is 10.5. The quantitative estimate of drug-likeness (QED) is 0.791. The first-order valence-corrected chi connectivity index (χ1v) is 6.28. The first-order valence-electron chi connectivity index (χ1n) is 6.28. The maximum atomic E-state index is 12.3. The van der Waals surface area contributed by atoms with E-state index in [0.717, 1.165) is 6.42 Å². The van der Waals surface area contributed by atoms with Crippen LogP contribution >= 0.6 is 0 Å².